The first kappa shape index (κ1) is 21.8. The molecule has 2 heterocycles. The fourth-order valence-corrected chi connectivity index (χ4v) is 5.83. The van der Waals surface area contributed by atoms with Crippen molar-refractivity contribution in [3.05, 3.63) is 29.3 Å². The van der Waals surface area contributed by atoms with Gasteiger partial charge in [0.05, 0.1) is 11.6 Å². The van der Waals surface area contributed by atoms with Crippen molar-refractivity contribution < 1.29 is 9.59 Å². The zero-order chi connectivity index (χ0) is 22.1. The summed E-state index contributed by atoms with van der Waals surface area (Å²) < 4.78 is 0. The van der Waals surface area contributed by atoms with Gasteiger partial charge in [-0.15, -0.1) is 0 Å². The van der Waals surface area contributed by atoms with E-state index < -0.39 is 6.04 Å². The quantitative estimate of drug-likeness (QED) is 0.802. The molecule has 6 nitrogen and oxygen atoms in total. The number of amides is 2. The number of nitrogens with one attached hydrogen (secondary N) is 1. The summed E-state index contributed by atoms with van der Waals surface area (Å²) in [6.07, 6.45) is 7.14. The maximum atomic E-state index is 13.3. The van der Waals surface area contributed by atoms with Gasteiger partial charge in [0.2, 0.25) is 5.91 Å². The molecule has 1 saturated heterocycles. The highest BCUT2D eigenvalue weighted by Crippen LogP contribution is 2.40. The number of nitriles is 1. The van der Waals surface area contributed by atoms with Gasteiger partial charge in [-0.1, -0.05) is 13.8 Å². The lowest BCUT2D eigenvalue weighted by atomic mass is 9.79. The van der Waals surface area contributed by atoms with E-state index in [1.165, 1.54) is 32.6 Å². The van der Waals surface area contributed by atoms with E-state index in [0.717, 1.165) is 49.0 Å². The smallest absolute Gasteiger partial charge is 0.254 e. The Morgan fingerprint density at radius 2 is 1.77 bits per heavy atom. The number of likely N-dealkylation sites (tertiary alicyclic amines) is 1. The fourth-order valence-electron chi connectivity index (χ4n) is 5.83. The number of rotatable bonds is 4. The first-order valence-electron chi connectivity index (χ1n) is 11.8. The lowest BCUT2D eigenvalue weighted by Crippen LogP contribution is -2.50. The van der Waals surface area contributed by atoms with Gasteiger partial charge in [-0.05, 0) is 68.6 Å². The summed E-state index contributed by atoms with van der Waals surface area (Å²) in [5.41, 5.74) is 2.10. The highest BCUT2D eigenvalue weighted by molar-refractivity contribution is 6.06. The van der Waals surface area contributed by atoms with E-state index in [2.05, 4.69) is 30.1 Å². The van der Waals surface area contributed by atoms with Gasteiger partial charge in [-0.2, -0.15) is 5.26 Å². The van der Waals surface area contributed by atoms with Gasteiger partial charge in [0, 0.05) is 43.3 Å². The standard InChI is InChI=1S/C25H34N4O2/c1-16(2)19-5-7-20(8-6-19)28-12-10-21(11-13-28)29-23-9-4-18(15-26)14-22(23)24(25(29)31)27-17(3)30/h4,9,14,16,19-21,24H,5-8,10-13H2,1-3H3,(H,27,30)/t19-,20+,24?. The van der Waals surface area contributed by atoms with Gasteiger partial charge in [0.1, 0.15) is 6.04 Å². The van der Waals surface area contributed by atoms with Crippen LogP contribution in [0.1, 0.15) is 76.5 Å². The van der Waals surface area contributed by atoms with Crippen molar-refractivity contribution in [2.75, 3.05) is 18.0 Å². The first-order valence-corrected chi connectivity index (χ1v) is 11.8. The third kappa shape index (κ3) is 4.34. The van der Waals surface area contributed by atoms with Crippen molar-refractivity contribution >= 4 is 17.5 Å². The molecule has 1 aliphatic carbocycles. The van der Waals surface area contributed by atoms with Crippen LogP contribution in [0.15, 0.2) is 18.2 Å². The predicted molar refractivity (Wildman–Crippen MR) is 120 cm³/mol. The molecule has 0 bridgehead atoms. The van der Waals surface area contributed by atoms with Gasteiger partial charge in [-0.25, -0.2) is 0 Å². The van der Waals surface area contributed by atoms with Gasteiger partial charge < -0.3 is 15.1 Å². The molecule has 1 N–H and O–H groups in total. The van der Waals surface area contributed by atoms with E-state index in [-0.39, 0.29) is 17.9 Å². The average molecular weight is 423 g/mol. The van der Waals surface area contributed by atoms with Crippen LogP contribution in [0, 0.1) is 23.2 Å². The van der Waals surface area contributed by atoms with Crippen molar-refractivity contribution in [2.24, 2.45) is 11.8 Å². The van der Waals surface area contributed by atoms with Crippen molar-refractivity contribution in [3.8, 4) is 6.07 Å². The van der Waals surface area contributed by atoms with Gasteiger partial charge in [0.15, 0.2) is 0 Å². The summed E-state index contributed by atoms with van der Waals surface area (Å²) in [7, 11) is 0. The van der Waals surface area contributed by atoms with Crippen LogP contribution in [0.5, 0.6) is 0 Å². The summed E-state index contributed by atoms with van der Waals surface area (Å²) in [5.74, 6) is 1.35. The molecule has 0 radical (unpaired) electrons. The number of benzene rings is 1. The average Bonchev–Trinajstić information content (AvgIpc) is 3.04. The van der Waals surface area contributed by atoms with Crippen LogP contribution in [-0.2, 0) is 9.59 Å². The van der Waals surface area contributed by atoms with Gasteiger partial charge >= 0.3 is 0 Å². The number of piperidine rings is 1. The molecule has 166 valence electrons. The van der Waals surface area contributed by atoms with E-state index >= 15 is 0 Å². The Bertz CT molecular complexity index is 874. The highest BCUT2D eigenvalue weighted by atomic mass is 16.2. The Morgan fingerprint density at radius 3 is 2.35 bits per heavy atom. The number of hydrogen-bond donors (Lipinski definition) is 1. The minimum Gasteiger partial charge on any atom is -0.341 e. The number of fused-ring (bicyclic) bond motifs is 1. The molecular weight excluding hydrogens is 388 g/mol. The van der Waals surface area contributed by atoms with E-state index in [9.17, 15) is 14.9 Å². The second-order valence-corrected chi connectivity index (χ2v) is 9.81. The van der Waals surface area contributed by atoms with Gasteiger partial charge in [0.25, 0.3) is 5.91 Å². The Morgan fingerprint density at radius 1 is 1.10 bits per heavy atom. The van der Waals surface area contributed by atoms with Crippen LogP contribution in [0.3, 0.4) is 0 Å². The molecule has 6 heteroatoms. The Labute approximate surface area is 185 Å². The first-order chi connectivity index (χ1) is 14.9. The van der Waals surface area contributed by atoms with Crippen molar-refractivity contribution in [3.63, 3.8) is 0 Å². The van der Waals surface area contributed by atoms with Crippen molar-refractivity contribution in [2.45, 2.75) is 77.4 Å². The second kappa shape index (κ2) is 9.00. The molecule has 2 aliphatic heterocycles. The Kier molecular flexibility index (Phi) is 6.34. The van der Waals surface area contributed by atoms with Crippen LogP contribution in [-0.4, -0.2) is 41.9 Å². The summed E-state index contributed by atoms with van der Waals surface area (Å²) in [6.45, 7) is 8.14. The number of carbonyl (C=O) groups is 2. The molecule has 2 fully saturated rings. The summed E-state index contributed by atoms with van der Waals surface area (Å²) in [6, 6.07) is 7.65. The molecule has 1 atom stereocenters. The SMILES string of the molecule is CC(=O)NC1C(=O)N(C2CCN([C@H]3CC[C@@H](C(C)C)CC3)CC2)c2ccc(C#N)cc21. The normalized spacial score (nSPS) is 27.3. The van der Waals surface area contributed by atoms with Crippen LogP contribution < -0.4 is 10.2 Å². The van der Waals surface area contributed by atoms with Crippen LogP contribution in [0.4, 0.5) is 5.69 Å². The number of carbonyl (C=O) groups excluding carboxylic acids is 2. The maximum absolute atomic E-state index is 13.3. The third-order valence-electron chi connectivity index (χ3n) is 7.62. The second-order valence-electron chi connectivity index (χ2n) is 9.81. The fraction of sp³-hybridized carbons (Fsp3) is 0.640. The number of hydrogen-bond acceptors (Lipinski definition) is 4. The lowest BCUT2D eigenvalue weighted by molar-refractivity contribution is -0.126. The Balaban J connectivity index is 1.44. The lowest BCUT2D eigenvalue weighted by Gasteiger charge is -2.43. The number of nitrogens with zero attached hydrogens (tertiary/aromatic N) is 3. The van der Waals surface area contributed by atoms with Crippen LogP contribution in [0.2, 0.25) is 0 Å². The summed E-state index contributed by atoms with van der Waals surface area (Å²) in [4.78, 5) is 29.5. The zero-order valence-corrected chi connectivity index (χ0v) is 18.9. The molecule has 1 aromatic carbocycles. The molecule has 0 spiro atoms. The molecule has 3 aliphatic rings. The minimum atomic E-state index is -0.690. The Hall–Kier alpha value is -2.39. The molecule has 1 unspecified atom stereocenters. The zero-order valence-electron chi connectivity index (χ0n) is 18.9. The largest absolute Gasteiger partial charge is 0.341 e. The maximum Gasteiger partial charge on any atom is 0.254 e. The van der Waals surface area contributed by atoms with E-state index in [0.29, 0.717) is 11.6 Å². The van der Waals surface area contributed by atoms with Crippen molar-refractivity contribution in [1.82, 2.24) is 10.2 Å². The summed E-state index contributed by atoms with van der Waals surface area (Å²) in [5, 5.41) is 12.1. The topological polar surface area (TPSA) is 76.4 Å². The molecule has 31 heavy (non-hydrogen) atoms. The molecule has 4 rings (SSSR count). The monoisotopic (exact) mass is 422 g/mol. The van der Waals surface area contributed by atoms with Crippen LogP contribution in [0.25, 0.3) is 0 Å². The number of anilines is 1. The van der Waals surface area contributed by atoms with E-state index in [1.807, 2.05) is 11.0 Å². The molecule has 1 saturated carbocycles. The van der Waals surface area contributed by atoms with Crippen LogP contribution >= 0.6 is 0 Å². The van der Waals surface area contributed by atoms with E-state index in [1.54, 1.807) is 12.1 Å². The minimum absolute atomic E-state index is 0.0730. The summed E-state index contributed by atoms with van der Waals surface area (Å²) >= 11 is 0. The molecule has 1 aromatic rings. The molecule has 0 aromatic heterocycles. The molecule has 2 amide bonds. The third-order valence-corrected chi connectivity index (χ3v) is 7.62. The van der Waals surface area contributed by atoms with Gasteiger partial charge in [-0.3, -0.25) is 9.59 Å². The van der Waals surface area contributed by atoms with E-state index in [4.69, 9.17) is 0 Å². The predicted octanol–water partition coefficient (Wildman–Crippen LogP) is 3.76. The van der Waals surface area contributed by atoms with Crippen molar-refractivity contribution in [1.29, 1.82) is 5.26 Å². The molecular formula is C25H34N4O2. The highest BCUT2D eigenvalue weighted by Gasteiger charge is 2.42.